The van der Waals surface area contributed by atoms with Crippen LogP contribution in [0.4, 0.5) is 10.1 Å². The molecule has 8 heteroatoms. The van der Waals surface area contributed by atoms with Crippen LogP contribution in [0.3, 0.4) is 0 Å². The van der Waals surface area contributed by atoms with Gasteiger partial charge in [0.25, 0.3) is 11.5 Å². The minimum absolute atomic E-state index is 0.191. The van der Waals surface area contributed by atoms with Crippen LogP contribution in [0.25, 0.3) is 21.9 Å². The molecule has 28 heavy (non-hydrogen) atoms. The van der Waals surface area contributed by atoms with Crippen molar-refractivity contribution in [2.75, 3.05) is 11.4 Å². The number of para-hydroxylation sites is 1. The summed E-state index contributed by atoms with van der Waals surface area (Å²) < 4.78 is 14.7. The van der Waals surface area contributed by atoms with Crippen molar-refractivity contribution in [3.8, 4) is 11.4 Å². The van der Waals surface area contributed by atoms with Crippen molar-refractivity contribution in [3.63, 3.8) is 0 Å². The summed E-state index contributed by atoms with van der Waals surface area (Å²) in [5.74, 6) is -0.204. The van der Waals surface area contributed by atoms with E-state index in [9.17, 15) is 14.0 Å². The number of rotatable bonds is 2. The molecule has 0 unspecified atom stereocenters. The SMILES string of the molecule is CCN1C(=O)/C(=c2\sc3nc(-c4ccc(F)cc4)nn3c2=O)c2ccccc21. The van der Waals surface area contributed by atoms with Crippen LogP contribution in [0, 0.1) is 5.82 Å². The third-order valence-corrected chi connectivity index (χ3v) is 5.76. The molecule has 4 aromatic rings. The van der Waals surface area contributed by atoms with E-state index in [-0.39, 0.29) is 17.3 Å². The number of thiazole rings is 1. The average molecular weight is 392 g/mol. The first-order valence-corrected chi connectivity index (χ1v) is 9.51. The van der Waals surface area contributed by atoms with Crippen LogP contribution in [0.15, 0.2) is 53.3 Å². The Morgan fingerprint density at radius 2 is 1.82 bits per heavy atom. The molecule has 0 radical (unpaired) electrons. The molecule has 0 N–H and O–H groups in total. The lowest BCUT2D eigenvalue weighted by Gasteiger charge is -2.13. The number of carbonyl (C=O) groups is 1. The molecule has 0 fully saturated rings. The second kappa shape index (κ2) is 6.07. The fourth-order valence-electron chi connectivity index (χ4n) is 3.42. The van der Waals surface area contributed by atoms with Gasteiger partial charge in [-0.15, -0.1) is 5.10 Å². The summed E-state index contributed by atoms with van der Waals surface area (Å²) in [5.41, 5.74) is 2.18. The predicted molar refractivity (Wildman–Crippen MR) is 105 cm³/mol. The summed E-state index contributed by atoms with van der Waals surface area (Å²) in [7, 11) is 0. The Hall–Kier alpha value is -3.39. The second-order valence-electron chi connectivity index (χ2n) is 6.31. The van der Waals surface area contributed by atoms with E-state index in [2.05, 4.69) is 10.1 Å². The molecular formula is C20H13FN4O2S. The number of benzene rings is 2. The van der Waals surface area contributed by atoms with Gasteiger partial charge in [-0.1, -0.05) is 29.5 Å². The molecule has 0 saturated heterocycles. The van der Waals surface area contributed by atoms with Crippen molar-refractivity contribution in [2.45, 2.75) is 6.92 Å². The number of carbonyl (C=O) groups excluding carboxylic acids is 1. The first kappa shape index (κ1) is 16.8. The second-order valence-corrected chi connectivity index (χ2v) is 7.29. The Morgan fingerprint density at radius 3 is 2.54 bits per heavy atom. The maximum atomic E-state index is 13.1. The molecular weight excluding hydrogens is 379 g/mol. The Morgan fingerprint density at radius 1 is 1.07 bits per heavy atom. The highest BCUT2D eigenvalue weighted by Gasteiger charge is 2.33. The fourth-order valence-corrected chi connectivity index (χ4v) is 4.42. The van der Waals surface area contributed by atoms with E-state index in [0.29, 0.717) is 33.0 Å². The molecule has 0 spiro atoms. The van der Waals surface area contributed by atoms with Gasteiger partial charge in [-0.05, 0) is 37.3 Å². The zero-order chi connectivity index (χ0) is 19.4. The van der Waals surface area contributed by atoms with Gasteiger partial charge in [0.05, 0.1) is 11.3 Å². The van der Waals surface area contributed by atoms with Crippen molar-refractivity contribution in [3.05, 3.63) is 74.8 Å². The number of anilines is 1. The highest BCUT2D eigenvalue weighted by molar-refractivity contribution is 7.15. The van der Waals surface area contributed by atoms with Gasteiger partial charge in [0.15, 0.2) is 5.82 Å². The van der Waals surface area contributed by atoms with Crippen LogP contribution in [-0.4, -0.2) is 27.0 Å². The molecule has 5 rings (SSSR count). The van der Waals surface area contributed by atoms with Crippen LogP contribution >= 0.6 is 11.3 Å². The third kappa shape index (κ3) is 2.31. The Kier molecular flexibility index (Phi) is 3.63. The monoisotopic (exact) mass is 392 g/mol. The number of amides is 1. The average Bonchev–Trinajstić information content (AvgIpc) is 3.33. The van der Waals surface area contributed by atoms with Crippen molar-refractivity contribution >= 4 is 33.5 Å². The summed E-state index contributed by atoms with van der Waals surface area (Å²) >= 11 is 1.14. The highest BCUT2D eigenvalue weighted by atomic mass is 32.1. The number of nitrogens with zero attached hydrogens (tertiary/aromatic N) is 4. The van der Waals surface area contributed by atoms with E-state index < -0.39 is 0 Å². The van der Waals surface area contributed by atoms with Crippen LogP contribution in [0.2, 0.25) is 0 Å². The fraction of sp³-hybridized carbons (Fsp3) is 0.100. The highest BCUT2D eigenvalue weighted by Crippen LogP contribution is 2.34. The molecule has 1 amide bonds. The zero-order valence-corrected chi connectivity index (χ0v) is 15.5. The molecule has 138 valence electrons. The van der Waals surface area contributed by atoms with Gasteiger partial charge in [0.2, 0.25) is 4.96 Å². The van der Waals surface area contributed by atoms with E-state index in [1.165, 1.54) is 16.6 Å². The number of aromatic nitrogens is 3. The number of hydrogen-bond acceptors (Lipinski definition) is 5. The smallest absolute Gasteiger partial charge is 0.291 e. The normalized spacial score (nSPS) is 15.5. The van der Waals surface area contributed by atoms with Gasteiger partial charge in [-0.2, -0.15) is 9.50 Å². The van der Waals surface area contributed by atoms with Gasteiger partial charge >= 0.3 is 0 Å². The topological polar surface area (TPSA) is 67.6 Å². The summed E-state index contributed by atoms with van der Waals surface area (Å²) in [6, 6.07) is 13.2. The third-order valence-electron chi connectivity index (χ3n) is 4.73. The molecule has 1 aliphatic heterocycles. The standard InChI is InChI=1S/C20H13FN4O2S/c1-2-24-14-6-4-3-5-13(14)15(18(24)26)16-19(27)25-20(28-16)22-17(23-25)11-7-9-12(21)10-8-11/h3-10H,2H2,1H3/b16-15-. The lowest BCUT2D eigenvalue weighted by molar-refractivity contribution is -0.113. The Labute approximate surface area is 162 Å². The Balaban J connectivity index is 1.74. The summed E-state index contributed by atoms with van der Waals surface area (Å²) in [6.07, 6.45) is 0. The first-order chi connectivity index (χ1) is 13.6. The van der Waals surface area contributed by atoms with E-state index in [1.807, 2.05) is 31.2 Å². The first-order valence-electron chi connectivity index (χ1n) is 8.69. The quantitative estimate of drug-likeness (QED) is 0.525. The van der Waals surface area contributed by atoms with Gasteiger partial charge in [0, 0.05) is 17.7 Å². The lowest BCUT2D eigenvalue weighted by atomic mass is 10.1. The largest absolute Gasteiger partial charge is 0.308 e. The molecule has 0 atom stereocenters. The summed E-state index contributed by atoms with van der Waals surface area (Å²) in [6.45, 7) is 2.41. The van der Waals surface area contributed by atoms with Crippen molar-refractivity contribution in [1.29, 1.82) is 0 Å². The predicted octanol–water partition coefficient (Wildman–Crippen LogP) is 2.24. The maximum absolute atomic E-state index is 13.1. The van der Waals surface area contributed by atoms with Gasteiger partial charge in [-0.3, -0.25) is 9.59 Å². The molecule has 3 heterocycles. The Bertz CT molecular complexity index is 1360. The zero-order valence-electron chi connectivity index (χ0n) is 14.7. The van der Waals surface area contributed by atoms with Crippen molar-refractivity contribution in [1.82, 2.24) is 14.6 Å². The minimum atomic E-state index is -0.378. The minimum Gasteiger partial charge on any atom is -0.308 e. The van der Waals surface area contributed by atoms with Crippen LogP contribution in [-0.2, 0) is 4.79 Å². The molecule has 0 bridgehead atoms. The summed E-state index contributed by atoms with van der Waals surface area (Å²) in [5, 5.41) is 4.27. The molecule has 2 aromatic heterocycles. The molecule has 0 saturated carbocycles. The number of fused-ring (bicyclic) bond motifs is 2. The molecule has 0 aliphatic carbocycles. The maximum Gasteiger partial charge on any atom is 0.291 e. The number of likely N-dealkylation sites (N-methyl/N-ethyl adjacent to an activating group) is 1. The van der Waals surface area contributed by atoms with Crippen LogP contribution in [0.5, 0.6) is 0 Å². The van der Waals surface area contributed by atoms with Crippen molar-refractivity contribution in [2.24, 2.45) is 0 Å². The molecule has 2 aromatic carbocycles. The van der Waals surface area contributed by atoms with Crippen molar-refractivity contribution < 1.29 is 9.18 Å². The van der Waals surface area contributed by atoms with E-state index in [1.54, 1.807) is 17.0 Å². The van der Waals surface area contributed by atoms with Crippen LogP contribution in [0.1, 0.15) is 12.5 Å². The number of halogens is 1. The van der Waals surface area contributed by atoms with Gasteiger partial charge in [0.1, 0.15) is 10.3 Å². The van der Waals surface area contributed by atoms with E-state index in [4.69, 9.17) is 0 Å². The van der Waals surface area contributed by atoms with E-state index in [0.717, 1.165) is 22.6 Å². The summed E-state index contributed by atoms with van der Waals surface area (Å²) in [4.78, 5) is 32.4. The number of hydrogen-bond donors (Lipinski definition) is 0. The van der Waals surface area contributed by atoms with Gasteiger partial charge in [-0.25, -0.2) is 4.39 Å². The van der Waals surface area contributed by atoms with Gasteiger partial charge < -0.3 is 4.90 Å². The lowest BCUT2D eigenvalue weighted by Crippen LogP contribution is -2.32. The van der Waals surface area contributed by atoms with E-state index >= 15 is 0 Å². The molecule has 6 nitrogen and oxygen atoms in total. The van der Waals surface area contributed by atoms with Crippen LogP contribution < -0.4 is 15.0 Å². The molecule has 1 aliphatic rings.